The number of carbonyl (C=O) groups excluding carboxylic acids is 1. The molecule has 2 N–H and O–H groups in total. The molecule has 1 saturated carbocycles. The van der Waals surface area contributed by atoms with Gasteiger partial charge in [0.05, 0.1) is 18.5 Å². The van der Waals surface area contributed by atoms with Crippen LogP contribution in [-0.4, -0.2) is 61.4 Å². The van der Waals surface area contributed by atoms with Crippen LogP contribution in [0.4, 0.5) is 0 Å². The van der Waals surface area contributed by atoms with Gasteiger partial charge in [0.1, 0.15) is 0 Å². The van der Waals surface area contributed by atoms with Crippen molar-refractivity contribution in [2.75, 3.05) is 13.1 Å². The number of benzene rings is 1. The third kappa shape index (κ3) is 4.36. The van der Waals surface area contributed by atoms with Gasteiger partial charge in [-0.25, -0.2) is 4.98 Å². The summed E-state index contributed by atoms with van der Waals surface area (Å²) in [6.07, 6.45) is 6.52. The number of likely N-dealkylation sites (tertiary alicyclic amines) is 1. The number of fused-ring (bicyclic) bond motifs is 1. The van der Waals surface area contributed by atoms with E-state index in [9.17, 15) is 9.90 Å². The Morgan fingerprint density at radius 3 is 2.55 bits per heavy atom. The maximum absolute atomic E-state index is 13.0. The van der Waals surface area contributed by atoms with Gasteiger partial charge in [0.15, 0.2) is 11.5 Å². The number of hydrogen-bond acceptors (Lipinski definition) is 6. The lowest BCUT2D eigenvalue weighted by Gasteiger charge is -2.35. The molecule has 0 unspecified atom stereocenters. The summed E-state index contributed by atoms with van der Waals surface area (Å²) >= 11 is 0. The standard InChI is InChI=1S/C21H22N4O3.CH2O2/c26-19-9-16-12-25(11-15(16)8-18(19)24-7-6-22-13-24)21(27)17-10-20(28-23-17)14-4-2-1-3-5-14;2-1-3/h1-7,10,13,15-16,18-19,26H,8-9,11-12H2;1H,(H,2,3)/t15-,16+,18-,19-;/m1./s1. The van der Waals surface area contributed by atoms with Crippen LogP contribution in [0.15, 0.2) is 59.6 Å². The van der Waals surface area contributed by atoms with Crippen molar-refractivity contribution in [1.82, 2.24) is 19.6 Å². The molecule has 9 nitrogen and oxygen atoms in total. The molecule has 5 rings (SSSR count). The highest BCUT2D eigenvalue weighted by Crippen LogP contribution is 2.41. The zero-order valence-electron chi connectivity index (χ0n) is 16.8. The van der Waals surface area contributed by atoms with E-state index >= 15 is 0 Å². The van der Waals surface area contributed by atoms with E-state index in [1.165, 1.54) is 0 Å². The maximum atomic E-state index is 13.0. The number of aliphatic hydroxyl groups excluding tert-OH is 1. The summed E-state index contributed by atoms with van der Waals surface area (Å²) in [6, 6.07) is 11.4. The summed E-state index contributed by atoms with van der Waals surface area (Å²) < 4.78 is 7.37. The lowest BCUT2D eigenvalue weighted by Crippen LogP contribution is -2.35. The minimum atomic E-state index is -0.415. The number of amides is 1. The highest BCUT2D eigenvalue weighted by molar-refractivity contribution is 5.93. The van der Waals surface area contributed by atoms with Crippen LogP contribution in [0.1, 0.15) is 29.4 Å². The van der Waals surface area contributed by atoms with E-state index in [-0.39, 0.29) is 18.4 Å². The molecule has 3 aromatic rings. The molecular weight excluding hydrogens is 400 g/mol. The van der Waals surface area contributed by atoms with Crippen LogP contribution in [0.5, 0.6) is 0 Å². The monoisotopic (exact) mass is 424 g/mol. The Labute approximate surface area is 178 Å². The number of carbonyl (C=O) groups is 2. The van der Waals surface area contributed by atoms with Crippen molar-refractivity contribution in [1.29, 1.82) is 0 Å². The molecule has 1 aromatic carbocycles. The number of carboxylic acid groups (broad SMARTS) is 1. The second-order valence-corrected chi connectivity index (χ2v) is 7.89. The molecule has 0 radical (unpaired) electrons. The highest BCUT2D eigenvalue weighted by atomic mass is 16.5. The predicted molar refractivity (Wildman–Crippen MR) is 110 cm³/mol. The first-order chi connectivity index (χ1) is 15.1. The zero-order valence-corrected chi connectivity index (χ0v) is 16.8. The predicted octanol–water partition coefficient (Wildman–Crippen LogP) is 2.32. The van der Waals surface area contributed by atoms with Crippen molar-refractivity contribution in [3.63, 3.8) is 0 Å². The van der Waals surface area contributed by atoms with Gasteiger partial charge < -0.3 is 24.2 Å². The van der Waals surface area contributed by atoms with Gasteiger partial charge in [0.2, 0.25) is 0 Å². The second-order valence-electron chi connectivity index (χ2n) is 7.89. The fraction of sp³-hybridized carbons (Fsp3) is 0.364. The van der Waals surface area contributed by atoms with Gasteiger partial charge in [-0.15, -0.1) is 0 Å². The first-order valence-corrected chi connectivity index (χ1v) is 10.2. The van der Waals surface area contributed by atoms with Crippen molar-refractivity contribution in [3.8, 4) is 11.3 Å². The molecule has 0 spiro atoms. The molecule has 0 bridgehead atoms. The fourth-order valence-corrected chi connectivity index (χ4v) is 4.64. The number of rotatable bonds is 3. The Morgan fingerprint density at radius 1 is 1.16 bits per heavy atom. The second kappa shape index (κ2) is 9.13. The first-order valence-electron chi connectivity index (χ1n) is 10.2. The lowest BCUT2D eigenvalue weighted by atomic mass is 9.77. The first kappa shape index (κ1) is 20.8. The van der Waals surface area contributed by atoms with Gasteiger partial charge in [-0.3, -0.25) is 9.59 Å². The van der Waals surface area contributed by atoms with Crippen LogP contribution < -0.4 is 0 Å². The molecule has 31 heavy (non-hydrogen) atoms. The van der Waals surface area contributed by atoms with Crippen molar-refractivity contribution < 1.29 is 24.3 Å². The average Bonchev–Trinajstić information content (AvgIpc) is 3.54. The minimum Gasteiger partial charge on any atom is -0.483 e. The number of aliphatic hydroxyl groups is 1. The van der Waals surface area contributed by atoms with Crippen LogP contribution in [0, 0.1) is 11.8 Å². The van der Waals surface area contributed by atoms with E-state index < -0.39 is 6.10 Å². The SMILES string of the molecule is O=C(c1cc(-c2ccccc2)on1)N1C[C@H]2C[C@@H](n3ccnc3)[C@H](O)C[C@H]2C1.O=CO. The molecule has 1 saturated heterocycles. The van der Waals surface area contributed by atoms with Crippen LogP contribution in [0.2, 0.25) is 0 Å². The average molecular weight is 424 g/mol. The molecule has 162 valence electrons. The van der Waals surface area contributed by atoms with Gasteiger partial charge in [-0.05, 0) is 24.7 Å². The maximum Gasteiger partial charge on any atom is 0.290 e. The summed E-state index contributed by atoms with van der Waals surface area (Å²) in [7, 11) is 0. The van der Waals surface area contributed by atoms with Crippen LogP contribution in [0.25, 0.3) is 11.3 Å². The summed E-state index contributed by atoms with van der Waals surface area (Å²) in [6.45, 7) is 1.10. The Balaban J connectivity index is 0.000000730. The smallest absolute Gasteiger partial charge is 0.290 e. The van der Waals surface area contributed by atoms with Crippen molar-refractivity contribution in [3.05, 3.63) is 60.8 Å². The Bertz CT molecular complexity index is 1000. The van der Waals surface area contributed by atoms with Crippen molar-refractivity contribution in [2.45, 2.75) is 25.0 Å². The van der Waals surface area contributed by atoms with E-state index in [0.29, 0.717) is 42.8 Å². The van der Waals surface area contributed by atoms with Crippen LogP contribution in [0.3, 0.4) is 0 Å². The summed E-state index contributed by atoms with van der Waals surface area (Å²) in [4.78, 5) is 27.3. The topological polar surface area (TPSA) is 122 Å². The van der Waals surface area contributed by atoms with Crippen molar-refractivity contribution in [2.24, 2.45) is 11.8 Å². The van der Waals surface area contributed by atoms with E-state index in [4.69, 9.17) is 14.4 Å². The number of aromatic nitrogens is 3. The summed E-state index contributed by atoms with van der Waals surface area (Å²) in [5.41, 5.74) is 1.24. The normalized spacial score (nSPS) is 24.7. The minimum absolute atomic E-state index is 0.0236. The summed E-state index contributed by atoms with van der Waals surface area (Å²) in [5.74, 6) is 1.18. The number of imidazole rings is 1. The van der Waals surface area contributed by atoms with E-state index in [0.717, 1.165) is 12.0 Å². The molecule has 1 aliphatic carbocycles. The van der Waals surface area contributed by atoms with Gasteiger partial charge >= 0.3 is 0 Å². The third-order valence-electron chi connectivity index (χ3n) is 6.09. The molecule has 3 heterocycles. The zero-order chi connectivity index (χ0) is 21.8. The molecule has 1 aliphatic heterocycles. The Kier molecular flexibility index (Phi) is 6.13. The summed E-state index contributed by atoms with van der Waals surface area (Å²) in [5, 5.41) is 21.5. The van der Waals surface area contributed by atoms with E-state index in [1.54, 1.807) is 18.6 Å². The quantitative estimate of drug-likeness (QED) is 0.619. The Morgan fingerprint density at radius 2 is 1.87 bits per heavy atom. The van der Waals surface area contributed by atoms with E-state index in [2.05, 4.69) is 10.1 Å². The highest BCUT2D eigenvalue weighted by Gasteiger charge is 2.44. The number of nitrogens with zero attached hydrogens (tertiary/aromatic N) is 4. The molecule has 2 aliphatic rings. The van der Waals surface area contributed by atoms with Gasteiger partial charge in [-0.2, -0.15) is 0 Å². The van der Waals surface area contributed by atoms with Crippen LogP contribution in [-0.2, 0) is 4.79 Å². The largest absolute Gasteiger partial charge is 0.483 e. The molecule has 2 fully saturated rings. The Hall–Kier alpha value is -3.46. The molecule has 4 atom stereocenters. The molecular formula is C22H24N4O5. The van der Waals surface area contributed by atoms with Crippen molar-refractivity contribution >= 4 is 12.4 Å². The fourth-order valence-electron chi connectivity index (χ4n) is 4.64. The molecule has 9 heteroatoms. The van der Waals surface area contributed by atoms with E-state index in [1.807, 2.05) is 46.0 Å². The molecule has 2 aromatic heterocycles. The van der Waals surface area contributed by atoms with Gasteiger partial charge in [0, 0.05) is 37.1 Å². The lowest BCUT2D eigenvalue weighted by molar-refractivity contribution is -0.122. The number of hydrogen-bond donors (Lipinski definition) is 2. The van der Waals surface area contributed by atoms with Crippen LogP contribution >= 0.6 is 0 Å². The third-order valence-corrected chi connectivity index (χ3v) is 6.09. The molecule has 1 amide bonds. The van der Waals surface area contributed by atoms with Gasteiger partial charge in [-0.1, -0.05) is 35.5 Å². The van der Waals surface area contributed by atoms with Gasteiger partial charge in [0.25, 0.3) is 12.4 Å².